The summed E-state index contributed by atoms with van der Waals surface area (Å²) in [5.74, 6) is 1.85. The average molecular weight is 528 g/mol. The number of piperazine rings is 1. The van der Waals surface area contributed by atoms with Crippen LogP contribution in [0, 0.1) is 5.92 Å². The Hall–Kier alpha value is -2.98. The topological polar surface area (TPSA) is 19.0 Å². The third-order valence-corrected chi connectivity index (χ3v) is 8.62. The normalized spacial score (nSPS) is 20.4. The quantitative estimate of drug-likeness (QED) is 0.208. The lowest BCUT2D eigenvalue weighted by atomic mass is 9.91. The van der Waals surface area contributed by atoms with E-state index < -0.39 is 0 Å². The highest BCUT2D eigenvalue weighted by Gasteiger charge is 2.24. The maximum atomic E-state index is 6.09. The van der Waals surface area contributed by atoms with Crippen molar-refractivity contribution in [3.8, 4) is 5.75 Å². The van der Waals surface area contributed by atoms with Crippen LogP contribution in [0.15, 0.2) is 73.3 Å². The molecule has 2 unspecified atom stereocenters. The van der Waals surface area contributed by atoms with Gasteiger partial charge in [-0.15, -0.1) is 0 Å². The lowest BCUT2D eigenvalue weighted by Crippen LogP contribution is -2.45. The average Bonchev–Trinajstić information content (AvgIpc) is 2.99. The van der Waals surface area contributed by atoms with Crippen molar-refractivity contribution in [2.45, 2.75) is 58.9 Å². The van der Waals surface area contributed by atoms with Gasteiger partial charge >= 0.3 is 0 Å². The van der Waals surface area contributed by atoms with Crippen molar-refractivity contribution in [2.24, 2.45) is 5.92 Å². The molecule has 210 valence electrons. The van der Waals surface area contributed by atoms with E-state index in [1.54, 1.807) is 0 Å². The van der Waals surface area contributed by atoms with Crippen molar-refractivity contribution in [1.82, 2.24) is 9.80 Å². The third kappa shape index (κ3) is 8.25. The summed E-state index contributed by atoms with van der Waals surface area (Å²) in [6.07, 6.45) is 10.3. The first-order chi connectivity index (χ1) is 19.0. The molecule has 2 atom stereocenters. The van der Waals surface area contributed by atoms with Crippen LogP contribution in [0.4, 0.5) is 5.69 Å². The highest BCUT2D eigenvalue weighted by atomic mass is 16.5. The molecule has 0 bridgehead atoms. The van der Waals surface area contributed by atoms with E-state index in [2.05, 4.69) is 109 Å². The second kappa shape index (κ2) is 14.4. The number of hydrogen-bond acceptors (Lipinski definition) is 4. The third-order valence-electron chi connectivity index (χ3n) is 8.62. The zero-order valence-corrected chi connectivity index (χ0v) is 24.6. The Morgan fingerprint density at radius 1 is 0.949 bits per heavy atom. The van der Waals surface area contributed by atoms with Crippen LogP contribution in [0.5, 0.6) is 5.75 Å². The molecule has 0 radical (unpaired) electrons. The number of likely N-dealkylation sites (tertiary alicyclic amines) is 1. The summed E-state index contributed by atoms with van der Waals surface area (Å²) in [4.78, 5) is 7.53. The monoisotopic (exact) mass is 527 g/mol. The largest absolute Gasteiger partial charge is 0.494 e. The van der Waals surface area contributed by atoms with Crippen molar-refractivity contribution in [3.63, 3.8) is 0 Å². The molecule has 4 heteroatoms. The molecule has 0 N–H and O–H groups in total. The Labute approximate surface area is 237 Å². The smallest absolute Gasteiger partial charge is 0.119 e. The Morgan fingerprint density at radius 2 is 1.67 bits per heavy atom. The van der Waals surface area contributed by atoms with Gasteiger partial charge in [-0.2, -0.15) is 0 Å². The molecule has 39 heavy (non-hydrogen) atoms. The van der Waals surface area contributed by atoms with Crippen molar-refractivity contribution in [1.29, 1.82) is 0 Å². The van der Waals surface area contributed by atoms with Crippen LogP contribution in [0.2, 0.25) is 0 Å². The molecule has 2 aromatic carbocycles. The Balaban J connectivity index is 1.19. The van der Waals surface area contributed by atoms with Crippen LogP contribution in [-0.2, 0) is 0 Å². The Bertz CT molecular complexity index is 1080. The first-order valence-electron chi connectivity index (χ1n) is 15.1. The number of hydrogen-bond donors (Lipinski definition) is 0. The molecular formula is C35H49N3O. The highest BCUT2D eigenvalue weighted by Crippen LogP contribution is 2.26. The lowest BCUT2D eigenvalue weighted by Gasteiger charge is -2.38. The highest BCUT2D eigenvalue weighted by molar-refractivity contribution is 5.65. The SMILES string of the molecule is C=C(/C=C/c1ccc(C(=C)N2CCN(c3ccc(OCCCN4CC(CC)CCC4C)cc3)CC2)cc1)CC. The Kier molecular flexibility index (Phi) is 10.7. The molecule has 0 amide bonds. The van der Waals surface area contributed by atoms with E-state index in [1.807, 2.05) is 0 Å². The summed E-state index contributed by atoms with van der Waals surface area (Å²) in [6.45, 7) is 22.4. The van der Waals surface area contributed by atoms with Gasteiger partial charge in [-0.05, 0) is 73.9 Å². The number of piperidine rings is 1. The number of allylic oxidation sites excluding steroid dienone is 2. The second-order valence-corrected chi connectivity index (χ2v) is 11.3. The minimum atomic E-state index is 0.712. The fourth-order valence-corrected chi connectivity index (χ4v) is 5.65. The van der Waals surface area contributed by atoms with Crippen molar-refractivity contribution >= 4 is 17.5 Å². The van der Waals surface area contributed by atoms with Crippen LogP contribution < -0.4 is 9.64 Å². The van der Waals surface area contributed by atoms with E-state index >= 15 is 0 Å². The first kappa shape index (κ1) is 29.0. The molecule has 0 spiro atoms. The fraction of sp³-hybridized carbons (Fsp3) is 0.486. The molecule has 2 aliphatic heterocycles. The molecule has 2 heterocycles. The van der Waals surface area contributed by atoms with E-state index in [-0.39, 0.29) is 0 Å². The van der Waals surface area contributed by atoms with Crippen LogP contribution >= 0.6 is 0 Å². The molecule has 2 aliphatic rings. The summed E-state index contributed by atoms with van der Waals surface area (Å²) >= 11 is 0. The summed E-state index contributed by atoms with van der Waals surface area (Å²) < 4.78 is 6.09. The molecule has 2 fully saturated rings. The van der Waals surface area contributed by atoms with Gasteiger partial charge in [-0.25, -0.2) is 0 Å². The van der Waals surface area contributed by atoms with E-state index in [4.69, 9.17) is 4.74 Å². The van der Waals surface area contributed by atoms with Crippen molar-refractivity contribution in [2.75, 3.05) is 50.8 Å². The number of rotatable bonds is 12. The van der Waals surface area contributed by atoms with Gasteiger partial charge in [-0.1, -0.05) is 75.4 Å². The predicted molar refractivity (Wildman–Crippen MR) is 168 cm³/mol. The van der Waals surface area contributed by atoms with Gasteiger partial charge in [0.2, 0.25) is 0 Å². The van der Waals surface area contributed by atoms with E-state index in [1.165, 1.54) is 42.6 Å². The van der Waals surface area contributed by atoms with Gasteiger partial charge in [0, 0.05) is 56.7 Å². The van der Waals surface area contributed by atoms with Gasteiger partial charge < -0.3 is 19.4 Å². The van der Waals surface area contributed by atoms with E-state index in [9.17, 15) is 0 Å². The molecule has 4 rings (SSSR count). The Morgan fingerprint density at radius 3 is 2.33 bits per heavy atom. The molecule has 4 nitrogen and oxygen atoms in total. The maximum Gasteiger partial charge on any atom is 0.119 e. The van der Waals surface area contributed by atoms with Gasteiger partial charge in [-0.3, -0.25) is 0 Å². The van der Waals surface area contributed by atoms with Crippen LogP contribution in [-0.4, -0.2) is 61.7 Å². The van der Waals surface area contributed by atoms with Crippen LogP contribution in [0.1, 0.15) is 64.0 Å². The number of benzene rings is 2. The van der Waals surface area contributed by atoms with Crippen molar-refractivity contribution in [3.05, 3.63) is 84.5 Å². The fourth-order valence-electron chi connectivity index (χ4n) is 5.65. The predicted octanol–water partition coefficient (Wildman–Crippen LogP) is 7.74. The van der Waals surface area contributed by atoms with Gasteiger partial charge in [0.1, 0.15) is 5.75 Å². The van der Waals surface area contributed by atoms with Gasteiger partial charge in [0.25, 0.3) is 0 Å². The minimum Gasteiger partial charge on any atom is -0.494 e. The zero-order chi connectivity index (χ0) is 27.6. The van der Waals surface area contributed by atoms with E-state index in [0.717, 1.165) is 75.1 Å². The van der Waals surface area contributed by atoms with Crippen LogP contribution in [0.3, 0.4) is 0 Å². The molecule has 0 aliphatic carbocycles. The molecule has 0 aromatic heterocycles. The molecule has 2 saturated heterocycles. The molecule has 2 aromatic rings. The lowest BCUT2D eigenvalue weighted by molar-refractivity contribution is 0.108. The standard InChI is InChI=1S/C35H49N3O/c1-6-28(3)9-11-32-13-15-33(16-14-32)30(5)36-22-24-37(25-23-36)34-17-19-35(20-18-34)39-26-8-21-38-27-31(7-2)12-10-29(38)4/h9,11,13-20,29,31H,3,5-8,10,12,21-27H2,1-2,4H3/b11-9+. The summed E-state index contributed by atoms with van der Waals surface area (Å²) in [5.41, 5.74) is 5.91. The summed E-state index contributed by atoms with van der Waals surface area (Å²) in [5, 5.41) is 0. The van der Waals surface area contributed by atoms with Crippen molar-refractivity contribution < 1.29 is 4.74 Å². The second-order valence-electron chi connectivity index (χ2n) is 11.3. The minimum absolute atomic E-state index is 0.712. The summed E-state index contributed by atoms with van der Waals surface area (Å²) in [7, 11) is 0. The van der Waals surface area contributed by atoms with Gasteiger partial charge in [0.05, 0.1) is 6.61 Å². The summed E-state index contributed by atoms with van der Waals surface area (Å²) in [6, 6.07) is 18.1. The number of ether oxygens (including phenoxy) is 1. The van der Waals surface area contributed by atoms with Crippen LogP contribution in [0.25, 0.3) is 11.8 Å². The zero-order valence-electron chi connectivity index (χ0n) is 24.6. The maximum absolute atomic E-state index is 6.09. The number of anilines is 1. The number of nitrogens with zero attached hydrogens (tertiary/aromatic N) is 3. The molecule has 0 saturated carbocycles. The first-order valence-corrected chi connectivity index (χ1v) is 15.1. The molecular weight excluding hydrogens is 478 g/mol. The van der Waals surface area contributed by atoms with E-state index in [0.29, 0.717) is 6.04 Å². The van der Waals surface area contributed by atoms with Gasteiger partial charge in [0.15, 0.2) is 0 Å².